The summed E-state index contributed by atoms with van der Waals surface area (Å²) in [6.07, 6.45) is 0.280. The highest BCUT2D eigenvalue weighted by Crippen LogP contribution is 2.36. The second-order valence-corrected chi connectivity index (χ2v) is 3.93. The first-order valence-corrected chi connectivity index (χ1v) is 5.47. The first-order chi connectivity index (χ1) is 8.08. The zero-order valence-corrected chi connectivity index (χ0v) is 9.53. The van der Waals surface area contributed by atoms with Gasteiger partial charge in [-0.25, -0.2) is 9.18 Å². The molecule has 2 N–H and O–H groups in total. The SMILES string of the molecule is CCOC(=O)C1(N)CCOc2ccc(F)cc21. The van der Waals surface area contributed by atoms with Crippen molar-refractivity contribution in [2.75, 3.05) is 13.2 Å². The van der Waals surface area contributed by atoms with E-state index < -0.39 is 17.3 Å². The number of hydrogen-bond donors (Lipinski definition) is 1. The lowest BCUT2D eigenvalue weighted by Gasteiger charge is -2.33. The Morgan fingerprint density at radius 3 is 3.12 bits per heavy atom. The van der Waals surface area contributed by atoms with Crippen molar-refractivity contribution in [1.82, 2.24) is 0 Å². The summed E-state index contributed by atoms with van der Waals surface area (Å²) in [6.45, 7) is 2.25. The minimum Gasteiger partial charge on any atom is -0.493 e. The van der Waals surface area contributed by atoms with Gasteiger partial charge in [0.1, 0.15) is 17.1 Å². The Hall–Kier alpha value is -1.62. The van der Waals surface area contributed by atoms with Crippen molar-refractivity contribution in [3.05, 3.63) is 29.6 Å². The third-order valence-electron chi connectivity index (χ3n) is 2.82. The molecule has 5 heteroatoms. The van der Waals surface area contributed by atoms with Crippen LogP contribution in [-0.4, -0.2) is 19.2 Å². The number of rotatable bonds is 2. The number of hydrogen-bond acceptors (Lipinski definition) is 4. The van der Waals surface area contributed by atoms with E-state index in [1.807, 2.05) is 0 Å². The molecule has 4 nitrogen and oxygen atoms in total. The Labute approximate surface area is 98.5 Å². The normalized spacial score (nSPS) is 22.5. The third kappa shape index (κ3) is 1.98. The van der Waals surface area contributed by atoms with Crippen LogP contribution < -0.4 is 10.5 Å². The Balaban J connectivity index is 2.45. The maximum absolute atomic E-state index is 13.2. The van der Waals surface area contributed by atoms with Crippen LogP contribution in [0.25, 0.3) is 0 Å². The molecule has 0 saturated carbocycles. The number of esters is 1. The van der Waals surface area contributed by atoms with Crippen LogP contribution in [0.2, 0.25) is 0 Å². The van der Waals surface area contributed by atoms with Gasteiger partial charge in [0.25, 0.3) is 0 Å². The highest BCUT2D eigenvalue weighted by molar-refractivity contribution is 5.83. The van der Waals surface area contributed by atoms with Crippen LogP contribution in [0.3, 0.4) is 0 Å². The van der Waals surface area contributed by atoms with Gasteiger partial charge in [-0.15, -0.1) is 0 Å². The fourth-order valence-electron chi connectivity index (χ4n) is 1.91. The molecule has 92 valence electrons. The summed E-state index contributed by atoms with van der Waals surface area (Å²) in [5, 5.41) is 0. The van der Waals surface area contributed by atoms with Gasteiger partial charge in [0.2, 0.25) is 0 Å². The zero-order valence-electron chi connectivity index (χ0n) is 9.53. The van der Waals surface area contributed by atoms with Gasteiger partial charge in [-0.1, -0.05) is 0 Å². The Morgan fingerprint density at radius 2 is 2.41 bits per heavy atom. The molecular weight excluding hydrogens is 225 g/mol. The second kappa shape index (κ2) is 4.33. The highest BCUT2D eigenvalue weighted by atomic mass is 19.1. The minimum absolute atomic E-state index is 0.239. The monoisotopic (exact) mass is 239 g/mol. The van der Waals surface area contributed by atoms with E-state index in [-0.39, 0.29) is 13.0 Å². The number of benzene rings is 1. The minimum atomic E-state index is -1.31. The molecule has 0 aliphatic carbocycles. The van der Waals surface area contributed by atoms with E-state index >= 15 is 0 Å². The van der Waals surface area contributed by atoms with Gasteiger partial charge in [0, 0.05) is 12.0 Å². The predicted octanol–water partition coefficient (Wildman–Crippen LogP) is 1.33. The van der Waals surface area contributed by atoms with Crippen molar-refractivity contribution in [3.8, 4) is 5.75 Å². The molecule has 0 bridgehead atoms. The van der Waals surface area contributed by atoms with Crippen molar-refractivity contribution in [3.63, 3.8) is 0 Å². The predicted molar refractivity (Wildman–Crippen MR) is 59.0 cm³/mol. The molecule has 1 aromatic carbocycles. The molecule has 0 aromatic heterocycles. The summed E-state index contributed by atoms with van der Waals surface area (Å²) in [4.78, 5) is 11.9. The summed E-state index contributed by atoms with van der Waals surface area (Å²) >= 11 is 0. The first-order valence-electron chi connectivity index (χ1n) is 5.47. The summed E-state index contributed by atoms with van der Waals surface area (Å²) in [7, 11) is 0. The Kier molecular flexibility index (Phi) is 3.02. The zero-order chi connectivity index (χ0) is 12.5. The van der Waals surface area contributed by atoms with E-state index in [0.29, 0.717) is 17.9 Å². The maximum Gasteiger partial charge on any atom is 0.331 e. The summed E-state index contributed by atoms with van der Waals surface area (Å²) < 4.78 is 23.5. The van der Waals surface area contributed by atoms with E-state index in [4.69, 9.17) is 15.2 Å². The summed E-state index contributed by atoms with van der Waals surface area (Å²) in [5.74, 6) is -0.559. The number of ether oxygens (including phenoxy) is 2. The number of carbonyl (C=O) groups excluding carboxylic acids is 1. The van der Waals surface area contributed by atoms with Crippen LogP contribution in [-0.2, 0) is 15.1 Å². The molecule has 0 fully saturated rings. The number of fused-ring (bicyclic) bond motifs is 1. The molecule has 0 radical (unpaired) electrons. The van der Waals surface area contributed by atoms with Gasteiger partial charge in [0.15, 0.2) is 0 Å². The Morgan fingerprint density at radius 1 is 1.65 bits per heavy atom. The molecule has 1 aliphatic heterocycles. The lowest BCUT2D eigenvalue weighted by atomic mass is 9.85. The maximum atomic E-state index is 13.2. The standard InChI is InChI=1S/C12H14FNO3/c1-2-16-11(15)12(14)5-6-17-10-4-3-8(13)7-9(10)12/h3-4,7H,2,5-6,14H2,1H3. The molecule has 1 aliphatic rings. The van der Waals surface area contributed by atoms with Crippen molar-refractivity contribution in [2.24, 2.45) is 5.73 Å². The van der Waals surface area contributed by atoms with E-state index in [9.17, 15) is 9.18 Å². The van der Waals surface area contributed by atoms with E-state index in [1.54, 1.807) is 6.92 Å². The number of nitrogens with two attached hydrogens (primary N) is 1. The summed E-state index contributed by atoms with van der Waals surface area (Å²) in [6, 6.07) is 3.98. The van der Waals surface area contributed by atoms with Crippen molar-refractivity contribution in [1.29, 1.82) is 0 Å². The topological polar surface area (TPSA) is 61.5 Å². The van der Waals surface area contributed by atoms with Crippen LogP contribution in [0.15, 0.2) is 18.2 Å². The fourth-order valence-corrected chi connectivity index (χ4v) is 1.91. The fraction of sp³-hybridized carbons (Fsp3) is 0.417. The van der Waals surface area contributed by atoms with Crippen molar-refractivity contribution in [2.45, 2.75) is 18.9 Å². The smallest absolute Gasteiger partial charge is 0.331 e. The largest absolute Gasteiger partial charge is 0.493 e. The second-order valence-electron chi connectivity index (χ2n) is 3.93. The molecule has 2 rings (SSSR count). The van der Waals surface area contributed by atoms with E-state index in [0.717, 1.165) is 0 Å². The quantitative estimate of drug-likeness (QED) is 0.791. The van der Waals surface area contributed by atoms with E-state index in [2.05, 4.69) is 0 Å². The van der Waals surface area contributed by atoms with Gasteiger partial charge in [-0.3, -0.25) is 0 Å². The van der Waals surface area contributed by atoms with Gasteiger partial charge < -0.3 is 15.2 Å². The molecule has 1 unspecified atom stereocenters. The third-order valence-corrected chi connectivity index (χ3v) is 2.82. The van der Waals surface area contributed by atoms with Crippen LogP contribution in [0, 0.1) is 5.82 Å². The van der Waals surface area contributed by atoms with E-state index in [1.165, 1.54) is 18.2 Å². The van der Waals surface area contributed by atoms with Crippen LogP contribution in [0.1, 0.15) is 18.9 Å². The number of carbonyl (C=O) groups is 1. The summed E-state index contributed by atoms with van der Waals surface area (Å²) in [5.41, 5.74) is 5.08. The van der Waals surface area contributed by atoms with Crippen molar-refractivity contribution < 1.29 is 18.7 Å². The average molecular weight is 239 g/mol. The molecule has 1 heterocycles. The van der Waals surface area contributed by atoms with Crippen molar-refractivity contribution >= 4 is 5.97 Å². The molecular formula is C12H14FNO3. The molecule has 1 atom stereocenters. The molecule has 17 heavy (non-hydrogen) atoms. The lowest BCUT2D eigenvalue weighted by Crippen LogP contribution is -2.49. The van der Waals surface area contributed by atoms with Crippen LogP contribution in [0.5, 0.6) is 5.75 Å². The number of halogens is 1. The van der Waals surface area contributed by atoms with Crippen LogP contribution in [0.4, 0.5) is 4.39 Å². The molecule has 1 aromatic rings. The van der Waals surface area contributed by atoms with Gasteiger partial charge in [-0.2, -0.15) is 0 Å². The lowest BCUT2D eigenvalue weighted by molar-refractivity contribution is -0.151. The highest BCUT2D eigenvalue weighted by Gasteiger charge is 2.42. The average Bonchev–Trinajstić information content (AvgIpc) is 2.31. The van der Waals surface area contributed by atoms with Gasteiger partial charge >= 0.3 is 5.97 Å². The van der Waals surface area contributed by atoms with Gasteiger partial charge in [0.05, 0.1) is 13.2 Å². The molecule has 0 saturated heterocycles. The molecule has 0 amide bonds. The molecule has 0 spiro atoms. The van der Waals surface area contributed by atoms with Gasteiger partial charge in [-0.05, 0) is 25.1 Å². The first kappa shape index (κ1) is 11.9. The Bertz CT molecular complexity index is 449. The van der Waals surface area contributed by atoms with Crippen LogP contribution >= 0.6 is 0 Å².